The molecule has 3 heterocycles. The zero-order valence-corrected chi connectivity index (χ0v) is 17.3. The van der Waals surface area contributed by atoms with Gasteiger partial charge in [-0.05, 0) is 55.8 Å². The molecule has 0 aliphatic carbocycles. The van der Waals surface area contributed by atoms with E-state index in [4.69, 9.17) is 0 Å². The Balaban J connectivity index is 1.25. The Bertz CT molecular complexity index is 787. The second kappa shape index (κ2) is 9.35. The van der Waals surface area contributed by atoms with Gasteiger partial charge >= 0.3 is 0 Å². The summed E-state index contributed by atoms with van der Waals surface area (Å²) < 4.78 is 0. The molecule has 6 nitrogen and oxygen atoms in total. The molecule has 1 atom stereocenters. The predicted octanol–water partition coefficient (Wildman–Crippen LogP) is 3.56. The second-order valence-corrected chi connectivity index (χ2v) is 8.49. The largest absolute Gasteiger partial charge is 0.355 e. The van der Waals surface area contributed by atoms with Gasteiger partial charge < -0.3 is 10.2 Å². The van der Waals surface area contributed by atoms with Crippen molar-refractivity contribution < 1.29 is 4.79 Å². The van der Waals surface area contributed by atoms with Crippen LogP contribution >= 0.6 is 0 Å². The lowest BCUT2D eigenvalue weighted by atomic mass is 9.96. The fraction of sp³-hybridized carbons (Fsp3) is 0.522. The second-order valence-electron chi connectivity index (χ2n) is 8.49. The van der Waals surface area contributed by atoms with Gasteiger partial charge in [0.05, 0.1) is 6.20 Å². The van der Waals surface area contributed by atoms with Crippen molar-refractivity contribution in [2.75, 3.05) is 36.4 Å². The molecule has 0 radical (unpaired) electrons. The summed E-state index contributed by atoms with van der Waals surface area (Å²) in [6, 6.07) is 8.36. The van der Waals surface area contributed by atoms with Gasteiger partial charge in [0.1, 0.15) is 5.82 Å². The molecule has 2 fully saturated rings. The number of piperidine rings is 2. The van der Waals surface area contributed by atoms with E-state index in [1.807, 2.05) is 12.1 Å². The van der Waals surface area contributed by atoms with Gasteiger partial charge in [-0.15, -0.1) is 0 Å². The molecule has 0 bridgehead atoms. The molecule has 6 heteroatoms. The van der Waals surface area contributed by atoms with Crippen molar-refractivity contribution in [1.82, 2.24) is 14.9 Å². The molecule has 2 aliphatic heterocycles. The van der Waals surface area contributed by atoms with Crippen molar-refractivity contribution in [2.24, 2.45) is 11.8 Å². The van der Waals surface area contributed by atoms with Crippen molar-refractivity contribution in [3.05, 3.63) is 48.4 Å². The Kier molecular flexibility index (Phi) is 6.39. The molecule has 0 spiro atoms. The summed E-state index contributed by atoms with van der Waals surface area (Å²) in [7, 11) is 0. The zero-order chi connectivity index (χ0) is 20.1. The summed E-state index contributed by atoms with van der Waals surface area (Å²) in [5, 5.41) is 3.11. The molecule has 154 valence electrons. The molecule has 4 rings (SSSR count). The number of aromatic nitrogens is 2. The van der Waals surface area contributed by atoms with Gasteiger partial charge in [-0.25, -0.2) is 4.98 Å². The van der Waals surface area contributed by atoms with Crippen molar-refractivity contribution in [3.63, 3.8) is 0 Å². The van der Waals surface area contributed by atoms with Crippen LogP contribution in [0.2, 0.25) is 0 Å². The van der Waals surface area contributed by atoms with Gasteiger partial charge in [0, 0.05) is 50.2 Å². The lowest BCUT2D eigenvalue weighted by Crippen LogP contribution is -2.38. The van der Waals surface area contributed by atoms with E-state index in [0.717, 1.165) is 49.9 Å². The summed E-state index contributed by atoms with van der Waals surface area (Å²) in [6.07, 6.45) is 9.50. The Morgan fingerprint density at radius 3 is 2.59 bits per heavy atom. The van der Waals surface area contributed by atoms with Crippen LogP contribution in [-0.2, 0) is 11.3 Å². The fourth-order valence-electron chi connectivity index (χ4n) is 4.45. The number of nitrogens with zero attached hydrogens (tertiary/aromatic N) is 4. The third-order valence-electron chi connectivity index (χ3n) is 6.11. The first-order valence-electron chi connectivity index (χ1n) is 10.8. The highest BCUT2D eigenvalue weighted by Crippen LogP contribution is 2.23. The molecular formula is C23H31N5O. The van der Waals surface area contributed by atoms with Crippen LogP contribution in [0, 0.1) is 11.8 Å². The van der Waals surface area contributed by atoms with Gasteiger partial charge in [-0.3, -0.25) is 14.7 Å². The molecule has 1 aromatic carbocycles. The highest BCUT2D eigenvalue weighted by molar-refractivity contribution is 5.92. The zero-order valence-electron chi connectivity index (χ0n) is 17.3. The van der Waals surface area contributed by atoms with Gasteiger partial charge in [-0.1, -0.05) is 19.1 Å². The molecule has 2 aromatic rings. The van der Waals surface area contributed by atoms with E-state index in [9.17, 15) is 4.79 Å². The van der Waals surface area contributed by atoms with E-state index in [-0.39, 0.29) is 11.8 Å². The van der Waals surface area contributed by atoms with Gasteiger partial charge in [0.25, 0.3) is 0 Å². The highest BCUT2D eigenvalue weighted by Gasteiger charge is 2.25. The number of carbonyl (C=O) groups excluding carboxylic acids is 1. The van der Waals surface area contributed by atoms with Crippen molar-refractivity contribution in [3.8, 4) is 0 Å². The number of likely N-dealkylation sites (tertiary alicyclic amines) is 1. The van der Waals surface area contributed by atoms with E-state index >= 15 is 0 Å². The van der Waals surface area contributed by atoms with Crippen molar-refractivity contribution in [2.45, 2.75) is 39.2 Å². The van der Waals surface area contributed by atoms with Gasteiger partial charge in [0.15, 0.2) is 0 Å². The monoisotopic (exact) mass is 393 g/mol. The van der Waals surface area contributed by atoms with Crippen LogP contribution in [0.25, 0.3) is 0 Å². The van der Waals surface area contributed by atoms with Crippen LogP contribution in [0.3, 0.4) is 0 Å². The molecule has 1 aromatic heterocycles. The maximum absolute atomic E-state index is 12.7. The fourth-order valence-corrected chi connectivity index (χ4v) is 4.45. The summed E-state index contributed by atoms with van der Waals surface area (Å²) in [5.74, 6) is 1.87. The summed E-state index contributed by atoms with van der Waals surface area (Å²) in [6.45, 7) is 7.39. The SMILES string of the molecule is CC1CCCN(Cc2ccc(NC(=O)C3CCN(c4cnccn4)CC3)cc2)C1. The van der Waals surface area contributed by atoms with E-state index in [1.165, 1.54) is 31.5 Å². The molecule has 1 unspecified atom stereocenters. The number of nitrogens with one attached hydrogen (secondary N) is 1. The Morgan fingerprint density at radius 1 is 1.10 bits per heavy atom. The normalized spacial score (nSPS) is 21.1. The smallest absolute Gasteiger partial charge is 0.227 e. The Hall–Kier alpha value is -2.47. The maximum Gasteiger partial charge on any atom is 0.227 e. The molecule has 2 saturated heterocycles. The first-order valence-corrected chi connectivity index (χ1v) is 10.8. The first kappa shape index (κ1) is 19.8. The lowest BCUT2D eigenvalue weighted by Gasteiger charge is -2.32. The topological polar surface area (TPSA) is 61.4 Å². The number of hydrogen-bond donors (Lipinski definition) is 1. The summed E-state index contributed by atoms with van der Waals surface area (Å²) in [5.41, 5.74) is 2.21. The van der Waals surface area contributed by atoms with Crippen molar-refractivity contribution in [1.29, 1.82) is 0 Å². The number of rotatable bonds is 5. The van der Waals surface area contributed by atoms with Crippen LogP contribution in [0.1, 0.15) is 38.2 Å². The quantitative estimate of drug-likeness (QED) is 0.842. The van der Waals surface area contributed by atoms with E-state index in [0.29, 0.717) is 0 Å². The number of benzene rings is 1. The van der Waals surface area contributed by atoms with Crippen LogP contribution in [0.15, 0.2) is 42.9 Å². The standard InChI is InChI=1S/C23H31N5O/c1-18-3-2-12-27(16-18)17-19-4-6-21(7-5-19)26-23(29)20-8-13-28(14-9-20)22-15-24-10-11-25-22/h4-7,10-11,15,18,20H,2-3,8-9,12-14,16-17H2,1H3,(H,26,29). The molecule has 29 heavy (non-hydrogen) atoms. The van der Waals surface area contributed by atoms with Gasteiger partial charge in [-0.2, -0.15) is 0 Å². The number of amides is 1. The van der Waals surface area contributed by atoms with Crippen LogP contribution in [0.4, 0.5) is 11.5 Å². The van der Waals surface area contributed by atoms with Crippen LogP contribution in [0.5, 0.6) is 0 Å². The van der Waals surface area contributed by atoms with E-state index < -0.39 is 0 Å². The third-order valence-corrected chi connectivity index (χ3v) is 6.11. The maximum atomic E-state index is 12.7. The van der Waals surface area contributed by atoms with E-state index in [2.05, 4.69) is 44.1 Å². The Labute approximate surface area is 173 Å². The number of hydrogen-bond acceptors (Lipinski definition) is 5. The minimum absolute atomic E-state index is 0.0532. The first-order chi connectivity index (χ1) is 14.2. The summed E-state index contributed by atoms with van der Waals surface area (Å²) >= 11 is 0. The highest BCUT2D eigenvalue weighted by atomic mass is 16.1. The molecule has 2 aliphatic rings. The van der Waals surface area contributed by atoms with Crippen LogP contribution < -0.4 is 10.2 Å². The molecule has 1 amide bonds. The predicted molar refractivity (Wildman–Crippen MR) is 116 cm³/mol. The average molecular weight is 394 g/mol. The van der Waals surface area contributed by atoms with Crippen molar-refractivity contribution >= 4 is 17.4 Å². The molecular weight excluding hydrogens is 362 g/mol. The number of carbonyl (C=O) groups is 1. The minimum Gasteiger partial charge on any atom is -0.355 e. The third kappa shape index (κ3) is 5.32. The lowest BCUT2D eigenvalue weighted by molar-refractivity contribution is -0.120. The summed E-state index contributed by atoms with van der Waals surface area (Å²) in [4.78, 5) is 25.9. The van der Waals surface area contributed by atoms with Gasteiger partial charge in [0.2, 0.25) is 5.91 Å². The molecule has 1 N–H and O–H groups in total. The van der Waals surface area contributed by atoms with E-state index in [1.54, 1.807) is 18.6 Å². The van der Waals surface area contributed by atoms with Crippen LogP contribution in [-0.4, -0.2) is 47.0 Å². The molecule has 0 saturated carbocycles. The Morgan fingerprint density at radius 2 is 1.90 bits per heavy atom. The minimum atomic E-state index is 0.0532. The number of anilines is 2. The average Bonchev–Trinajstić information content (AvgIpc) is 2.76.